The van der Waals surface area contributed by atoms with Gasteiger partial charge in [0.2, 0.25) is 10.0 Å². The van der Waals surface area contributed by atoms with Crippen molar-refractivity contribution in [1.29, 1.82) is 0 Å². The molecule has 0 aliphatic carbocycles. The highest BCUT2D eigenvalue weighted by Crippen LogP contribution is 2.37. The van der Waals surface area contributed by atoms with Crippen molar-refractivity contribution in [2.24, 2.45) is 0 Å². The lowest BCUT2D eigenvalue weighted by Gasteiger charge is -2.35. The summed E-state index contributed by atoms with van der Waals surface area (Å²) < 4.78 is 28.9. The Kier molecular flexibility index (Phi) is 4.49. The van der Waals surface area contributed by atoms with Gasteiger partial charge in [-0.25, -0.2) is 13.1 Å². The standard InChI is InChI=1S/C21H23N5O2S/c1-29(27,28)25-15-20-21(17-10-6-3-7-11-17)22-23-26(20)19-14-24(13-18(19)25)12-16-8-4-2-5-9-16/h2-11,18-19H,12-15H2,1H3/t18-,19-/m1/s1. The Balaban J connectivity index is 1.51. The Morgan fingerprint density at radius 2 is 1.62 bits per heavy atom. The lowest BCUT2D eigenvalue weighted by atomic mass is 10.1. The number of rotatable bonds is 4. The van der Waals surface area contributed by atoms with Crippen LogP contribution in [0.2, 0.25) is 0 Å². The molecule has 29 heavy (non-hydrogen) atoms. The Labute approximate surface area is 170 Å². The van der Waals surface area contributed by atoms with Crippen molar-refractivity contribution in [3.8, 4) is 11.3 Å². The van der Waals surface area contributed by atoms with Crippen molar-refractivity contribution in [3.05, 3.63) is 71.9 Å². The molecule has 1 saturated heterocycles. The molecule has 8 heteroatoms. The smallest absolute Gasteiger partial charge is 0.211 e. The van der Waals surface area contributed by atoms with E-state index in [9.17, 15) is 8.42 Å². The van der Waals surface area contributed by atoms with E-state index in [1.165, 1.54) is 11.8 Å². The van der Waals surface area contributed by atoms with Crippen molar-refractivity contribution >= 4 is 10.0 Å². The fourth-order valence-electron chi connectivity index (χ4n) is 4.52. The molecule has 0 spiro atoms. The molecule has 2 atom stereocenters. The number of nitrogens with zero attached hydrogens (tertiary/aromatic N) is 5. The van der Waals surface area contributed by atoms with Gasteiger partial charge in [-0.1, -0.05) is 65.9 Å². The molecule has 0 bridgehead atoms. The Morgan fingerprint density at radius 3 is 2.31 bits per heavy atom. The van der Waals surface area contributed by atoms with E-state index >= 15 is 0 Å². The summed E-state index contributed by atoms with van der Waals surface area (Å²) in [6.07, 6.45) is 1.30. The maximum atomic E-state index is 12.6. The molecule has 150 valence electrons. The fourth-order valence-corrected chi connectivity index (χ4v) is 5.57. The molecule has 0 N–H and O–H groups in total. The van der Waals surface area contributed by atoms with Gasteiger partial charge in [0.05, 0.1) is 30.6 Å². The molecule has 2 aliphatic rings. The van der Waals surface area contributed by atoms with Crippen molar-refractivity contribution < 1.29 is 8.42 Å². The van der Waals surface area contributed by atoms with Gasteiger partial charge in [0.25, 0.3) is 0 Å². The third kappa shape index (κ3) is 3.37. The van der Waals surface area contributed by atoms with Crippen molar-refractivity contribution in [3.63, 3.8) is 0 Å². The van der Waals surface area contributed by atoms with E-state index in [0.29, 0.717) is 13.1 Å². The van der Waals surface area contributed by atoms with Crippen LogP contribution in [-0.2, 0) is 23.1 Å². The van der Waals surface area contributed by atoms with Gasteiger partial charge in [0, 0.05) is 25.2 Å². The van der Waals surface area contributed by atoms with Gasteiger partial charge in [0.1, 0.15) is 5.69 Å². The molecule has 0 saturated carbocycles. The number of sulfonamides is 1. The summed E-state index contributed by atoms with van der Waals surface area (Å²) in [6, 6.07) is 19.9. The van der Waals surface area contributed by atoms with Crippen LogP contribution in [0.4, 0.5) is 0 Å². The Hall–Kier alpha value is -2.55. The van der Waals surface area contributed by atoms with Crippen LogP contribution < -0.4 is 0 Å². The Bertz CT molecular complexity index is 1110. The molecule has 2 aliphatic heterocycles. The first-order chi connectivity index (χ1) is 14.0. The molecule has 1 aromatic heterocycles. The molecular formula is C21H23N5O2S. The van der Waals surface area contributed by atoms with Crippen LogP contribution >= 0.6 is 0 Å². The van der Waals surface area contributed by atoms with Crippen LogP contribution in [0.3, 0.4) is 0 Å². The molecule has 3 aromatic rings. The largest absolute Gasteiger partial charge is 0.295 e. The van der Waals surface area contributed by atoms with E-state index in [1.807, 2.05) is 53.2 Å². The summed E-state index contributed by atoms with van der Waals surface area (Å²) in [5, 5.41) is 8.88. The number of benzene rings is 2. The molecule has 5 rings (SSSR count). The number of likely N-dealkylation sites (tertiary alicyclic amines) is 1. The molecular weight excluding hydrogens is 386 g/mol. The van der Waals surface area contributed by atoms with E-state index < -0.39 is 10.0 Å². The van der Waals surface area contributed by atoms with E-state index in [4.69, 9.17) is 0 Å². The normalized spacial score (nSPS) is 22.4. The zero-order valence-corrected chi connectivity index (χ0v) is 17.0. The van der Waals surface area contributed by atoms with E-state index in [0.717, 1.165) is 30.0 Å². The van der Waals surface area contributed by atoms with Crippen molar-refractivity contribution in [1.82, 2.24) is 24.2 Å². The summed E-state index contributed by atoms with van der Waals surface area (Å²) in [4.78, 5) is 2.31. The first-order valence-corrected chi connectivity index (χ1v) is 11.6. The molecule has 1 fully saturated rings. The molecule has 0 amide bonds. The minimum atomic E-state index is -3.36. The predicted molar refractivity (Wildman–Crippen MR) is 110 cm³/mol. The highest BCUT2D eigenvalue weighted by atomic mass is 32.2. The molecule has 0 radical (unpaired) electrons. The number of fused-ring (bicyclic) bond motifs is 3. The number of aromatic nitrogens is 3. The Morgan fingerprint density at radius 1 is 0.966 bits per heavy atom. The quantitative estimate of drug-likeness (QED) is 0.660. The van der Waals surface area contributed by atoms with Crippen LogP contribution in [0, 0.1) is 0 Å². The number of hydrogen-bond donors (Lipinski definition) is 0. The average Bonchev–Trinajstić information content (AvgIpc) is 3.31. The maximum absolute atomic E-state index is 12.6. The fraction of sp³-hybridized carbons (Fsp3) is 0.333. The first kappa shape index (κ1) is 18.5. The second-order valence-corrected chi connectivity index (χ2v) is 9.75. The molecule has 7 nitrogen and oxygen atoms in total. The monoisotopic (exact) mass is 409 g/mol. The number of hydrogen-bond acceptors (Lipinski definition) is 5. The predicted octanol–water partition coefficient (Wildman–Crippen LogP) is 2.15. The van der Waals surface area contributed by atoms with Crippen molar-refractivity contribution in [2.45, 2.75) is 25.2 Å². The topological polar surface area (TPSA) is 71.3 Å². The van der Waals surface area contributed by atoms with Crippen LogP contribution in [0.15, 0.2) is 60.7 Å². The van der Waals surface area contributed by atoms with Crippen LogP contribution in [0.25, 0.3) is 11.3 Å². The van der Waals surface area contributed by atoms with Gasteiger partial charge in [-0.2, -0.15) is 4.31 Å². The average molecular weight is 410 g/mol. The lowest BCUT2D eigenvalue weighted by Crippen LogP contribution is -2.48. The molecule has 3 heterocycles. The summed E-state index contributed by atoms with van der Waals surface area (Å²) in [5.74, 6) is 0. The van der Waals surface area contributed by atoms with Gasteiger partial charge in [-0.15, -0.1) is 5.10 Å². The van der Waals surface area contributed by atoms with Gasteiger partial charge in [-0.05, 0) is 5.56 Å². The zero-order chi connectivity index (χ0) is 20.0. The SMILES string of the molecule is CS(=O)(=O)N1Cc2c(-c3ccccc3)nnn2[C@@H]2CN(Cc3ccccc3)C[C@H]21. The zero-order valence-electron chi connectivity index (χ0n) is 16.2. The minimum Gasteiger partial charge on any atom is -0.295 e. The highest BCUT2D eigenvalue weighted by Gasteiger charge is 2.46. The highest BCUT2D eigenvalue weighted by molar-refractivity contribution is 7.88. The second-order valence-electron chi connectivity index (χ2n) is 7.82. The van der Waals surface area contributed by atoms with E-state index in [2.05, 4.69) is 27.3 Å². The van der Waals surface area contributed by atoms with Gasteiger partial charge < -0.3 is 0 Å². The van der Waals surface area contributed by atoms with Gasteiger partial charge >= 0.3 is 0 Å². The van der Waals surface area contributed by atoms with E-state index in [1.54, 1.807) is 4.31 Å². The third-order valence-corrected chi connectivity index (χ3v) is 7.09. The van der Waals surface area contributed by atoms with Gasteiger partial charge in [0.15, 0.2) is 0 Å². The van der Waals surface area contributed by atoms with Gasteiger partial charge in [-0.3, -0.25) is 4.90 Å². The second kappa shape index (κ2) is 7.05. The maximum Gasteiger partial charge on any atom is 0.211 e. The van der Waals surface area contributed by atoms with Crippen LogP contribution in [-0.4, -0.2) is 58.0 Å². The summed E-state index contributed by atoms with van der Waals surface area (Å²) >= 11 is 0. The first-order valence-electron chi connectivity index (χ1n) is 9.73. The summed E-state index contributed by atoms with van der Waals surface area (Å²) in [6.45, 7) is 2.53. The van der Waals surface area contributed by atoms with Crippen molar-refractivity contribution in [2.75, 3.05) is 19.3 Å². The van der Waals surface area contributed by atoms with E-state index in [-0.39, 0.29) is 12.1 Å². The summed E-state index contributed by atoms with van der Waals surface area (Å²) in [5.41, 5.74) is 3.81. The molecule has 2 aromatic carbocycles. The van der Waals surface area contributed by atoms with Crippen LogP contribution in [0.1, 0.15) is 17.3 Å². The minimum absolute atomic E-state index is 0.0397. The third-order valence-electron chi connectivity index (χ3n) is 5.84. The lowest BCUT2D eigenvalue weighted by molar-refractivity contribution is 0.216. The van der Waals surface area contributed by atoms with Crippen LogP contribution in [0.5, 0.6) is 0 Å². The summed E-state index contributed by atoms with van der Waals surface area (Å²) in [7, 11) is -3.36. The molecule has 0 unspecified atom stereocenters.